The van der Waals surface area contributed by atoms with E-state index >= 15 is 0 Å². The average Bonchev–Trinajstić information content (AvgIpc) is 3.17. The van der Waals surface area contributed by atoms with Crippen molar-refractivity contribution >= 4 is 5.91 Å². The highest BCUT2D eigenvalue weighted by Crippen LogP contribution is 2.44. The van der Waals surface area contributed by atoms with Crippen LogP contribution in [-0.2, 0) is 4.79 Å². The van der Waals surface area contributed by atoms with Crippen LogP contribution in [0.15, 0.2) is 0 Å². The van der Waals surface area contributed by atoms with E-state index in [0.29, 0.717) is 19.0 Å². The van der Waals surface area contributed by atoms with Gasteiger partial charge in [-0.3, -0.25) is 4.79 Å². The van der Waals surface area contributed by atoms with Crippen LogP contribution in [0.4, 0.5) is 0 Å². The second kappa shape index (κ2) is 5.46. The van der Waals surface area contributed by atoms with Crippen molar-refractivity contribution in [1.29, 1.82) is 5.26 Å². The second-order valence-corrected chi connectivity index (χ2v) is 6.37. The van der Waals surface area contributed by atoms with Crippen LogP contribution in [0.5, 0.6) is 0 Å². The lowest BCUT2D eigenvalue weighted by molar-refractivity contribution is -0.131. The van der Waals surface area contributed by atoms with Gasteiger partial charge in [-0.2, -0.15) is 5.26 Å². The van der Waals surface area contributed by atoms with Crippen molar-refractivity contribution in [2.24, 2.45) is 11.8 Å². The van der Waals surface area contributed by atoms with Gasteiger partial charge in [-0.25, -0.2) is 0 Å². The summed E-state index contributed by atoms with van der Waals surface area (Å²) in [6.45, 7) is 0.324. The van der Waals surface area contributed by atoms with Crippen molar-refractivity contribution in [3.63, 3.8) is 0 Å². The molecule has 2 bridgehead atoms. The van der Waals surface area contributed by atoms with Crippen LogP contribution in [0.25, 0.3) is 0 Å². The zero-order chi connectivity index (χ0) is 14.1. The number of nitrogens with one attached hydrogen (secondary N) is 1. The fourth-order valence-electron chi connectivity index (χ4n) is 4.25. The Bertz CT molecular complexity index is 453. The van der Waals surface area contributed by atoms with E-state index in [1.165, 1.54) is 25.7 Å². The molecule has 1 heterocycles. The van der Waals surface area contributed by atoms with Gasteiger partial charge in [0, 0.05) is 6.04 Å². The summed E-state index contributed by atoms with van der Waals surface area (Å²) < 4.78 is 0. The topological polar surface area (TPSA) is 56.1 Å². The molecule has 4 nitrogen and oxygen atoms in total. The molecule has 106 valence electrons. The summed E-state index contributed by atoms with van der Waals surface area (Å²) in [7, 11) is 0. The number of amides is 1. The van der Waals surface area contributed by atoms with Crippen molar-refractivity contribution < 1.29 is 4.79 Å². The predicted molar refractivity (Wildman–Crippen MR) is 75.3 cm³/mol. The number of hydrogen-bond donors (Lipinski definition) is 1. The quantitative estimate of drug-likeness (QED) is 0.787. The first-order chi connectivity index (χ1) is 9.72. The second-order valence-electron chi connectivity index (χ2n) is 6.37. The molecular weight excluding hydrogens is 250 g/mol. The molecule has 0 aromatic rings. The maximum atomic E-state index is 12.4. The third kappa shape index (κ3) is 2.30. The van der Waals surface area contributed by atoms with Crippen LogP contribution in [0.1, 0.15) is 38.5 Å². The molecule has 20 heavy (non-hydrogen) atoms. The number of nitriles is 1. The maximum Gasteiger partial charge on any atom is 0.238 e. The molecule has 1 N–H and O–H groups in total. The van der Waals surface area contributed by atoms with Gasteiger partial charge in [0.2, 0.25) is 5.91 Å². The molecule has 0 spiro atoms. The monoisotopic (exact) mass is 271 g/mol. The lowest BCUT2D eigenvalue weighted by atomic mass is 9.95. The lowest BCUT2D eigenvalue weighted by Crippen LogP contribution is -2.47. The summed E-state index contributed by atoms with van der Waals surface area (Å²) in [5.41, 5.74) is 0. The molecule has 0 radical (unpaired) electrons. The fourth-order valence-corrected chi connectivity index (χ4v) is 4.25. The summed E-state index contributed by atoms with van der Waals surface area (Å²) in [4.78, 5) is 14.0. The molecule has 0 aromatic heterocycles. The standard InChI is InChI=1S/C16H21N3O/c1-2-13-5-6-14(9-17)19(13)16(20)10-18-15-8-11-3-4-12(15)7-11/h1,11-15,18H,3-8,10H2/t11-,12-,13+,14+,15-/m1/s1. The van der Waals surface area contributed by atoms with Crippen LogP contribution in [0.2, 0.25) is 0 Å². The van der Waals surface area contributed by atoms with Crippen LogP contribution in [0, 0.1) is 35.5 Å². The normalized spacial score (nSPS) is 38.7. The first-order valence-corrected chi connectivity index (χ1v) is 7.63. The van der Waals surface area contributed by atoms with E-state index in [9.17, 15) is 4.79 Å². The Morgan fingerprint density at radius 1 is 1.25 bits per heavy atom. The van der Waals surface area contributed by atoms with Gasteiger partial charge in [0.05, 0.1) is 18.7 Å². The summed E-state index contributed by atoms with van der Waals surface area (Å²) in [6, 6.07) is 2.14. The molecular formula is C16H21N3O. The maximum absolute atomic E-state index is 12.4. The van der Waals surface area contributed by atoms with Gasteiger partial charge in [0.1, 0.15) is 6.04 Å². The predicted octanol–water partition coefficient (Wildman–Crippen LogP) is 1.28. The van der Waals surface area contributed by atoms with Gasteiger partial charge >= 0.3 is 0 Å². The van der Waals surface area contributed by atoms with E-state index in [4.69, 9.17) is 11.7 Å². The highest BCUT2D eigenvalue weighted by molar-refractivity contribution is 5.80. The molecule has 1 amide bonds. The fraction of sp³-hybridized carbons (Fsp3) is 0.750. The third-order valence-corrected chi connectivity index (χ3v) is 5.27. The van der Waals surface area contributed by atoms with Crippen molar-refractivity contribution in [3.05, 3.63) is 0 Å². The summed E-state index contributed by atoms with van der Waals surface area (Å²) in [5.74, 6) is 4.24. The van der Waals surface area contributed by atoms with Gasteiger partial charge in [-0.15, -0.1) is 6.42 Å². The molecule has 0 unspecified atom stereocenters. The Hall–Kier alpha value is -1.52. The number of nitrogens with zero attached hydrogens (tertiary/aromatic N) is 2. The molecule has 1 aliphatic heterocycles. The van der Waals surface area contributed by atoms with E-state index in [-0.39, 0.29) is 18.0 Å². The number of hydrogen-bond acceptors (Lipinski definition) is 3. The Balaban J connectivity index is 1.56. The molecule has 3 aliphatic rings. The van der Waals surface area contributed by atoms with E-state index in [1.807, 2.05) is 0 Å². The average molecular weight is 271 g/mol. The van der Waals surface area contributed by atoms with E-state index < -0.39 is 0 Å². The Kier molecular flexibility index (Phi) is 3.68. The van der Waals surface area contributed by atoms with Crippen molar-refractivity contribution in [3.8, 4) is 18.4 Å². The zero-order valence-electron chi connectivity index (χ0n) is 11.7. The Labute approximate surface area is 120 Å². The lowest BCUT2D eigenvalue weighted by Gasteiger charge is -2.27. The van der Waals surface area contributed by atoms with Crippen molar-refractivity contribution in [2.45, 2.75) is 56.7 Å². The minimum Gasteiger partial charge on any atom is -0.312 e. The number of fused-ring (bicyclic) bond motifs is 2. The molecule has 3 rings (SSSR count). The Morgan fingerprint density at radius 2 is 2.05 bits per heavy atom. The van der Waals surface area contributed by atoms with Gasteiger partial charge in [-0.05, 0) is 43.9 Å². The van der Waals surface area contributed by atoms with Crippen LogP contribution < -0.4 is 5.32 Å². The van der Waals surface area contributed by atoms with E-state index in [0.717, 1.165) is 18.3 Å². The minimum absolute atomic E-state index is 0.0141. The number of carbonyl (C=O) groups is 1. The number of carbonyl (C=O) groups excluding carboxylic acids is 1. The van der Waals surface area contributed by atoms with E-state index in [1.54, 1.807) is 4.90 Å². The van der Waals surface area contributed by atoms with Crippen LogP contribution in [0.3, 0.4) is 0 Å². The van der Waals surface area contributed by atoms with Crippen LogP contribution in [-0.4, -0.2) is 35.5 Å². The first kappa shape index (κ1) is 13.5. The minimum atomic E-state index is -0.342. The first-order valence-electron chi connectivity index (χ1n) is 7.63. The number of terminal acetylenes is 1. The molecule has 0 aromatic carbocycles. The largest absolute Gasteiger partial charge is 0.312 e. The molecule has 2 aliphatic carbocycles. The Morgan fingerprint density at radius 3 is 2.65 bits per heavy atom. The molecule has 4 heteroatoms. The SMILES string of the molecule is C#C[C@H]1CC[C@@H](C#N)N1C(=O)CN[C@@H]1C[C@@H]2CC[C@@H]1C2. The highest BCUT2D eigenvalue weighted by Gasteiger charge is 2.40. The van der Waals surface area contributed by atoms with Gasteiger partial charge in [0.25, 0.3) is 0 Å². The molecule has 5 atom stereocenters. The summed E-state index contributed by atoms with van der Waals surface area (Å²) in [5, 5.41) is 12.5. The van der Waals surface area contributed by atoms with E-state index in [2.05, 4.69) is 17.3 Å². The zero-order valence-corrected chi connectivity index (χ0v) is 11.7. The van der Waals surface area contributed by atoms with Crippen LogP contribution >= 0.6 is 0 Å². The smallest absolute Gasteiger partial charge is 0.238 e. The summed E-state index contributed by atoms with van der Waals surface area (Å²) >= 11 is 0. The third-order valence-electron chi connectivity index (χ3n) is 5.27. The van der Waals surface area contributed by atoms with Gasteiger partial charge < -0.3 is 10.2 Å². The van der Waals surface area contributed by atoms with Crippen molar-refractivity contribution in [2.75, 3.05) is 6.54 Å². The van der Waals surface area contributed by atoms with Gasteiger partial charge in [0.15, 0.2) is 0 Å². The summed E-state index contributed by atoms with van der Waals surface area (Å²) in [6.07, 6.45) is 12.1. The number of likely N-dealkylation sites (tertiary alicyclic amines) is 1. The molecule has 3 fully saturated rings. The molecule has 1 saturated heterocycles. The van der Waals surface area contributed by atoms with Crippen molar-refractivity contribution in [1.82, 2.24) is 10.2 Å². The number of rotatable bonds is 3. The van der Waals surface area contributed by atoms with Gasteiger partial charge in [-0.1, -0.05) is 12.3 Å². The molecule has 2 saturated carbocycles. The highest BCUT2D eigenvalue weighted by atomic mass is 16.2.